The van der Waals surface area contributed by atoms with Gasteiger partial charge in [-0.25, -0.2) is 12.8 Å². The van der Waals surface area contributed by atoms with E-state index in [2.05, 4.69) is 0 Å². The van der Waals surface area contributed by atoms with Crippen LogP contribution in [0.1, 0.15) is 0 Å². The zero-order chi connectivity index (χ0) is 7.49. The van der Waals surface area contributed by atoms with Gasteiger partial charge in [-0.2, -0.15) is 4.39 Å². The van der Waals surface area contributed by atoms with Crippen LogP contribution in [0, 0.1) is 0 Å². The molecule has 0 saturated heterocycles. The van der Waals surface area contributed by atoms with Gasteiger partial charge in [-0.15, -0.1) is 0 Å². The first-order valence-electron chi connectivity index (χ1n) is 1.65. The van der Waals surface area contributed by atoms with Gasteiger partial charge in [0.25, 0.3) is 0 Å². The van der Waals surface area contributed by atoms with E-state index in [-0.39, 0.29) is 18.9 Å². The summed E-state index contributed by atoms with van der Waals surface area (Å²) in [5.74, 6) is -1.83. The molecule has 0 aromatic carbocycles. The van der Waals surface area contributed by atoms with Crippen LogP contribution in [0.5, 0.6) is 0 Å². The molecule has 0 aromatic heterocycles. The molecule has 0 saturated carbocycles. The normalized spacial score (nSPS) is 12.1. The van der Waals surface area contributed by atoms with Crippen molar-refractivity contribution in [2.45, 2.75) is 0 Å². The summed E-state index contributed by atoms with van der Waals surface area (Å²) >= 11 is 0. The molecule has 0 aliphatic heterocycles. The van der Waals surface area contributed by atoms with Gasteiger partial charge in [-0.1, -0.05) is 0 Å². The summed E-state index contributed by atoms with van der Waals surface area (Å²) in [5, 5.41) is 0. The Balaban J connectivity index is 0. The molecule has 10 heavy (non-hydrogen) atoms. The van der Waals surface area contributed by atoms with Gasteiger partial charge in [-0.3, -0.25) is 4.72 Å². The molecule has 1 N–H and O–H groups in total. The summed E-state index contributed by atoms with van der Waals surface area (Å²) in [6.45, 7) is 0. The Morgan fingerprint density at radius 3 is 2.10 bits per heavy atom. The maximum Gasteiger partial charge on any atom is 1.00 e. The summed E-state index contributed by atoms with van der Waals surface area (Å²) in [4.78, 5) is 0. The number of hydrogen-bond acceptors (Lipinski definition) is 3. The number of nitrogens with one attached hydrogen (secondary N) is 1. The molecule has 0 rings (SSSR count). The average molecular weight is 165 g/mol. The summed E-state index contributed by atoms with van der Waals surface area (Å²) in [5.41, 5.74) is 0. The van der Waals surface area contributed by atoms with Crippen molar-refractivity contribution in [3.63, 3.8) is 0 Å². The van der Waals surface area contributed by atoms with Crippen LogP contribution in [0.4, 0.5) is 8.78 Å². The fourth-order valence-electron chi connectivity index (χ4n) is 0.142. The molecule has 54 valence electrons. The maximum absolute atomic E-state index is 11.4. The Morgan fingerprint density at radius 1 is 1.60 bits per heavy atom. The van der Waals surface area contributed by atoms with Crippen molar-refractivity contribution in [3.8, 4) is 0 Å². The average Bonchev–Trinajstić information content (AvgIpc) is 1.62. The molecule has 0 unspecified atom stereocenters. The van der Waals surface area contributed by atoms with Gasteiger partial charge in [0.1, 0.15) is 6.33 Å². The number of hydrogen-bond donors (Lipinski definition) is 1. The van der Waals surface area contributed by atoms with Crippen molar-refractivity contribution in [3.05, 3.63) is 12.3 Å². The van der Waals surface area contributed by atoms with E-state index in [0.717, 1.165) is 0 Å². The third-order valence-electron chi connectivity index (χ3n) is 0.318. The minimum atomic E-state index is -4.92. The number of halogens is 2. The van der Waals surface area contributed by atoms with E-state index in [1.807, 2.05) is 0 Å². The van der Waals surface area contributed by atoms with Gasteiger partial charge in [0.05, 0.1) is 0 Å². The fourth-order valence-corrected chi connectivity index (χ4v) is 0.425. The SMILES string of the molecule is O=S(=O)([O-])N/C(F)=C/F.[Li+]. The molecule has 0 amide bonds. The standard InChI is InChI=1S/C2H3F2NO3S.Li/c3-1-2(4)5-9(6,7)8;/h1,5H,(H,6,7,8);/q;+1/p-1/b2-1+;. The molecule has 0 radical (unpaired) electrons. The smallest absolute Gasteiger partial charge is 0.731 e. The molecule has 4 nitrogen and oxygen atoms in total. The van der Waals surface area contributed by atoms with Gasteiger partial charge in [0, 0.05) is 0 Å². The summed E-state index contributed by atoms with van der Waals surface area (Å²) < 4.78 is 51.5. The fraction of sp³-hybridized carbons (Fsp3) is 0. The first-order valence-corrected chi connectivity index (χ1v) is 3.06. The van der Waals surface area contributed by atoms with E-state index in [4.69, 9.17) is 0 Å². The van der Waals surface area contributed by atoms with Crippen LogP contribution in [0.15, 0.2) is 12.3 Å². The van der Waals surface area contributed by atoms with Crippen molar-refractivity contribution >= 4 is 10.3 Å². The van der Waals surface area contributed by atoms with Gasteiger partial charge in [-0.05, 0) is 0 Å². The van der Waals surface area contributed by atoms with E-state index in [0.29, 0.717) is 4.72 Å². The summed E-state index contributed by atoms with van der Waals surface area (Å²) in [7, 11) is -4.92. The summed E-state index contributed by atoms with van der Waals surface area (Å²) in [6.07, 6.45) is -0.671. The van der Waals surface area contributed by atoms with Crippen LogP contribution in [0.25, 0.3) is 0 Å². The van der Waals surface area contributed by atoms with E-state index >= 15 is 0 Å². The van der Waals surface area contributed by atoms with E-state index in [1.54, 1.807) is 0 Å². The van der Waals surface area contributed by atoms with Gasteiger partial charge >= 0.3 is 18.9 Å². The zero-order valence-electron chi connectivity index (χ0n) is 4.97. The van der Waals surface area contributed by atoms with Crippen LogP contribution in [0.2, 0.25) is 0 Å². The van der Waals surface area contributed by atoms with Crippen molar-refractivity contribution in [2.24, 2.45) is 0 Å². The van der Waals surface area contributed by atoms with E-state index in [9.17, 15) is 21.8 Å². The Labute approximate surface area is 68.4 Å². The van der Waals surface area contributed by atoms with Crippen molar-refractivity contribution in [1.82, 2.24) is 4.72 Å². The molecule has 0 aliphatic rings. The van der Waals surface area contributed by atoms with Gasteiger partial charge in [0.2, 0.25) is 5.95 Å². The molecule has 0 bridgehead atoms. The molecule has 8 heteroatoms. The van der Waals surface area contributed by atoms with Crippen LogP contribution >= 0.6 is 0 Å². The maximum atomic E-state index is 11.4. The minimum Gasteiger partial charge on any atom is -0.731 e. The third kappa shape index (κ3) is 7.91. The number of rotatable bonds is 2. The molecule has 0 heterocycles. The molecular weight excluding hydrogens is 163 g/mol. The van der Waals surface area contributed by atoms with E-state index in [1.165, 1.54) is 0 Å². The molecule has 0 atom stereocenters. The Kier molecular flexibility index (Phi) is 5.89. The Morgan fingerprint density at radius 2 is 2.00 bits per heavy atom. The second-order valence-electron chi connectivity index (χ2n) is 1.01. The van der Waals surface area contributed by atoms with Crippen LogP contribution in [-0.4, -0.2) is 13.0 Å². The van der Waals surface area contributed by atoms with Crippen LogP contribution < -0.4 is 23.6 Å². The van der Waals surface area contributed by atoms with Crippen molar-refractivity contribution in [2.75, 3.05) is 0 Å². The molecular formula is C2H2F2LiNO3S. The van der Waals surface area contributed by atoms with Crippen LogP contribution in [0.3, 0.4) is 0 Å². The topological polar surface area (TPSA) is 69.2 Å². The van der Waals surface area contributed by atoms with Gasteiger partial charge < -0.3 is 4.55 Å². The van der Waals surface area contributed by atoms with Crippen molar-refractivity contribution < 1.29 is 40.6 Å². The molecule has 0 aromatic rings. The van der Waals surface area contributed by atoms with E-state index < -0.39 is 22.6 Å². The second-order valence-corrected chi connectivity index (χ2v) is 2.13. The van der Waals surface area contributed by atoms with Crippen LogP contribution in [-0.2, 0) is 10.3 Å². The predicted molar refractivity (Wildman–Crippen MR) is 23.1 cm³/mol. The first kappa shape index (κ1) is 12.6. The molecule has 0 fully saturated rings. The monoisotopic (exact) mass is 165 g/mol. The molecule has 0 spiro atoms. The molecule has 0 aliphatic carbocycles. The third-order valence-corrected chi connectivity index (χ3v) is 0.763. The minimum absolute atomic E-state index is 0. The second kappa shape index (κ2) is 4.68. The first-order chi connectivity index (χ1) is 3.95. The quantitative estimate of drug-likeness (QED) is 0.266. The van der Waals surface area contributed by atoms with Crippen molar-refractivity contribution in [1.29, 1.82) is 0 Å². The zero-order valence-corrected chi connectivity index (χ0v) is 5.78. The Bertz CT molecular complexity index is 213. The Hall–Kier alpha value is -0.0926. The summed E-state index contributed by atoms with van der Waals surface area (Å²) in [6, 6.07) is 0. The predicted octanol–water partition coefficient (Wildman–Crippen LogP) is -3.22. The largest absolute Gasteiger partial charge is 1.00 e. The van der Waals surface area contributed by atoms with Gasteiger partial charge in [0.15, 0.2) is 10.3 Å².